The van der Waals surface area contributed by atoms with Crippen LogP contribution in [0.1, 0.15) is 33.6 Å². The second kappa shape index (κ2) is 5.87. The van der Waals surface area contributed by atoms with Crippen molar-refractivity contribution < 1.29 is 9.53 Å². The molecular weight excluding hydrogens is 218 g/mol. The first kappa shape index (κ1) is 13.8. The van der Waals surface area contributed by atoms with Crippen LogP contribution in [0, 0.1) is 17.2 Å². The van der Waals surface area contributed by atoms with Crippen LogP contribution >= 0.6 is 0 Å². The Kier molecular flexibility index (Phi) is 4.76. The maximum absolute atomic E-state index is 11.6. The van der Waals surface area contributed by atoms with Gasteiger partial charge in [0.15, 0.2) is 0 Å². The lowest BCUT2D eigenvalue weighted by Gasteiger charge is -2.28. The Labute approximate surface area is 103 Å². The first-order chi connectivity index (χ1) is 7.92. The first-order valence-corrected chi connectivity index (χ1v) is 6.02. The van der Waals surface area contributed by atoms with Gasteiger partial charge in [-0.05, 0) is 52.6 Å². The molecule has 0 saturated carbocycles. The van der Waals surface area contributed by atoms with Crippen molar-refractivity contribution in [2.45, 2.75) is 45.3 Å². The molecular formula is C12H21N3O2. The molecule has 0 aromatic carbocycles. The highest BCUT2D eigenvalue weighted by Gasteiger charge is 2.26. The second-order valence-corrected chi connectivity index (χ2v) is 5.34. The Morgan fingerprint density at radius 3 is 2.53 bits per heavy atom. The van der Waals surface area contributed by atoms with Crippen molar-refractivity contribution in [2.75, 3.05) is 13.1 Å². The number of nitrogens with one attached hydrogen (secondary N) is 2. The summed E-state index contributed by atoms with van der Waals surface area (Å²) in [4.78, 5) is 11.6. The quantitative estimate of drug-likeness (QED) is 0.764. The van der Waals surface area contributed by atoms with E-state index in [9.17, 15) is 4.79 Å². The number of rotatable bonds is 2. The summed E-state index contributed by atoms with van der Waals surface area (Å²) in [7, 11) is 0. The van der Waals surface area contributed by atoms with Crippen LogP contribution in [0.2, 0.25) is 0 Å². The molecule has 1 aliphatic heterocycles. The molecule has 1 atom stereocenters. The monoisotopic (exact) mass is 239 g/mol. The van der Waals surface area contributed by atoms with Crippen molar-refractivity contribution in [3.8, 4) is 6.07 Å². The third-order valence-electron chi connectivity index (χ3n) is 2.67. The summed E-state index contributed by atoms with van der Waals surface area (Å²) in [5, 5.41) is 15.0. The Bertz CT molecular complexity index is 298. The molecule has 1 amide bonds. The second-order valence-electron chi connectivity index (χ2n) is 5.34. The molecule has 5 nitrogen and oxygen atoms in total. The number of nitriles is 1. The lowest BCUT2D eigenvalue weighted by atomic mass is 9.91. The number of nitrogens with zero attached hydrogens (tertiary/aromatic N) is 1. The molecule has 1 fully saturated rings. The van der Waals surface area contributed by atoms with Gasteiger partial charge in [-0.1, -0.05) is 0 Å². The Morgan fingerprint density at radius 1 is 1.47 bits per heavy atom. The van der Waals surface area contributed by atoms with E-state index in [-0.39, 0.29) is 5.92 Å². The Hall–Kier alpha value is -1.28. The van der Waals surface area contributed by atoms with Crippen LogP contribution in [0.5, 0.6) is 0 Å². The van der Waals surface area contributed by atoms with E-state index in [1.807, 2.05) is 0 Å². The molecule has 0 radical (unpaired) electrons. The molecule has 1 saturated heterocycles. The van der Waals surface area contributed by atoms with Gasteiger partial charge < -0.3 is 15.4 Å². The summed E-state index contributed by atoms with van der Waals surface area (Å²) < 4.78 is 5.14. The smallest absolute Gasteiger partial charge is 0.408 e. The minimum atomic E-state index is -0.530. The molecule has 1 unspecified atom stereocenters. The van der Waals surface area contributed by atoms with Gasteiger partial charge in [-0.2, -0.15) is 5.26 Å². The van der Waals surface area contributed by atoms with E-state index < -0.39 is 17.7 Å². The average molecular weight is 239 g/mol. The fourth-order valence-corrected chi connectivity index (χ4v) is 1.87. The van der Waals surface area contributed by atoms with Gasteiger partial charge in [-0.25, -0.2) is 4.79 Å². The van der Waals surface area contributed by atoms with E-state index in [0.29, 0.717) is 0 Å². The SMILES string of the molecule is CC(C)(C)OC(=O)NC(C#N)C1CCNCC1. The lowest BCUT2D eigenvalue weighted by molar-refractivity contribution is 0.0497. The maximum Gasteiger partial charge on any atom is 0.408 e. The average Bonchev–Trinajstić information content (AvgIpc) is 2.24. The summed E-state index contributed by atoms with van der Waals surface area (Å²) in [5.41, 5.74) is -0.530. The first-order valence-electron chi connectivity index (χ1n) is 6.02. The zero-order chi connectivity index (χ0) is 12.9. The number of piperidine rings is 1. The Morgan fingerprint density at radius 2 is 2.06 bits per heavy atom. The predicted octanol–water partition coefficient (Wildman–Crippen LogP) is 1.40. The third kappa shape index (κ3) is 5.05. The molecule has 0 aromatic rings. The van der Waals surface area contributed by atoms with E-state index in [1.54, 1.807) is 20.8 Å². The van der Waals surface area contributed by atoms with Gasteiger partial charge in [-0.3, -0.25) is 0 Å². The summed E-state index contributed by atoms with van der Waals surface area (Å²) in [6, 6.07) is 1.70. The zero-order valence-electron chi connectivity index (χ0n) is 10.7. The largest absolute Gasteiger partial charge is 0.444 e. The highest BCUT2D eigenvalue weighted by molar-refractivity contribution is 5.68. The number of carbonyl (C=O) groups is 1. The van der Waals surface area contributed by atoms with Crippen LogP contribution in [-0.2, 0) is 4.74 Å². The number of carbonyl (C=O) groups excluding carboxylic acids is 1. The molecule has 2 N–H and O–H groups in total. The number of amides is 1. The zero-order valence-corrected chi connectivity index (χ0v) is 10.7. The van der Waals surface area contributed by atoms with Crippen molar-refractivity contribution in [3.63, 3.8) is 0 Å². The highest BCUT2D eigenvalue weighted by atomic mass is 16.6. The van der Waals surface area contributed by atoms with Crippen molar-refractivity contribution in [3.05, 3.63) is 0 Å². The van der Waals surface area contributed by atoms with Gasteiger partial charge in [0.2, 0.25) is 0 Å². The van der Waals surface area contributed by atoms with E-state index >= 15 is 0 Å². The summed E-state index contributed by atoms with van der Waals surface area (Å²) in [6.45, 7) is 7.22. The molecule has 5 heteroatoms. The van der Waals surface area contributed by atoms with E-state index in [2.05, 4.69) is 16.7 Å². The van der Waals surface area contributed by atoms with E-state index in [0.717, 1.165) is 25.9 Å². The molecule has 96 valence electrons. The van der Waals surface area contributed by atoms with Crippen molar-refractivity contribution in [1.82, 2.24) is 10.6 Å². The number of ether oxygens (including phenoxy) is 1. The minimum absolute atomic E-state index is 0.216. The Balaban J connectivity index is 2.46. The van der Waals surface area contributed by atoms with Crippen LogP contribution in [0.4, 0.5) is 4.79 Å². The molecule has 1 heterocycles. The van der Waals surface area contributed by atoms with Gasteiger partial charge >= 0.3 is 6.09 Å². The number of hydrogen-bond donors (Lipinski definition) is 2. The van der Waals surface area contributed by atoms with E-state index in [4.69, 9.17) is 10.00 Å². The third-order valence-corrected chi connectivity index (χ3v) is 2.67. The molecule has 1 aliphatic rings. The van der Waals surface area contributed by atoms with E-state index in [1.165, 1.54) is 0 Å². The molecule has 0 bridgehead atoms. The predicted molar refractivity (Wildman–Crippen MR) is 64.4 cm³/mol. The fraction of sp³-hybridized carbons (Fsp3) is 0.833. The van der Waals surface area contributed by atoms with Gasteiger partial charge in [-0.15, -0.1) is 0 Å². The van der Waals surface area contributed by atoms with Crippen LogP contribution in [0.25, 0.3) is 0 Å². The number of hydrogen-bond acceptors (Lipinski definition) is 4. The minimum Gasteiger partial charge on any atom is -0.444 e. The molecule has 0 aromatic heterocycles. The topological polar surface area (TPSA) is 74.1 Å². The molecule has 0 spiro atoms. The van der Waals surface area contributed by atoms with Crippen molar-refractivity contribution in [2.24, 2.45) is 5.92 Å². The maximum atomic E-state index is 11.6. The van der Waals surface area contributed by atoms with Gasteiger partial charge in [0.05, 0.1) is 6.07 Å². The van der Waals surface area contributed by atoms with Crippen LogP contribution in [-0.4, -0.2) is 30.8 Å². The van der Waals surface area contributed by atoms with Gasteiger partial charge in [0, 0.05) is 0 Å². The fourth-order valence-electron chi connectivity index (χ4n) is 1.87. The normalized spacial score (nSPS) is 19.2. The van der Waals surface area contributed by atoms with Crippen molar-refractivity contribution >= 4 is 6.09 Å². The molecule has 1 rings (SSSR count). The van der Waals surface area contributed by atoms with Gasteiger partial charge in [0.25, 0.3) is 0 Å². The van der Waals surface area contributed by atoms with Crippen LogP contribution < -0.4 is 10.6 Å². The summed E-state index contributed by atoms with van der Waals surface area (Å²) in [5.74, 6) is 0.216. The lowest BCUT2D eigenvalue weighted by Crippen LogP contribution is -2.45. The van der Waals surface area contributed by atoms with Crippen LogP contribution in [0.3, 0.4) is 0 Å². The highest BCUT2D eigenvalue weighted by Crippen LogP contribution is 2.16. The van der Waals surface area contributed by atoms with Crippen LogP contribution in [0.15, 0.2) is 0 Å². The van der Waals surface area contributed by atoms with Gasteiger partial charge in [0.1, 0.15) is 11.6 Å². The summed E-state index contributed by atoms with van der Waals surface area (Å²) in [6.07, 6.45) is 1.31. The van der Waals surface area contributed by atoms with Crippen molar-refractivity contribution in [1.29, 1.82) is 5.26 Å². The molecule has 0 aliphatic carbocycles. The summed E-state index contributed by atoms with van der Waals surface area (Å²) >= 11 is 0. The standard InChI is InChI=1S/C12H21N3O2/c1-12(2,3)17-11(16)15-10(8-13)9-4-6-14-7-5-9/h9-10,14H,4-7H2,1-3H3,(H,15,16). The molecule has 17 heavy (non-hydrogen) atoms. The number of alkyl carbamates (subject to hydrolysis) is 1.